The van der Waals surface area contributed by atoms with Crippen LogP contribution in [0.25, 0.3) is 0 Å². The smallest absolute Gasteiger partial charge is 0.0738 e. The van der Waals surface area contributed by atoms with Gasteiger partial charge in [0, 0.05) is 12.4 Å². The fourth-order valence-corrected chi connectivity index (χ4v) is 3.64. The van der Waals surface area contributed by atoms with Gasteiger partial charge in [-0.3, -0.25) is 4.68 Å². The lowest BCUT2D eigenvalue weighted by molar-refractivity contribution is 0.326. The molecule has 1 fully saturated rings. The largest absolute Gasteiger partial charge is 0.271 e. The van der Waals surface area contributed by atoms with Crippen LogP contribution in [-0.4, -0.2) is 15.2 Å². The summed E-state index contributed by atoms with van der Waals surface area (Å²) in [5.41, 5.74) is 2.71. The number of halogens is 2. The Labute approximate surface area is 110 Å². The van der Waals surface area contributed by atoms with Crippen LogP contribution in [0.3, 0.4) is 0 Å². The maximum absolute atomic E-state index is 6.21. The minimum Gasteiger partial charge on any atom is -0.271 e. The van der Waals surface area contributed by atoms with E-state index in [9.17, 15) is 0 Å². The van der Waals surface area contributed by atoms with Gasteiger partial charge >= 0.3 is 0 Å². The first kappa shape index (κ1) is 12.4. The summed E-state index contributed by atoms with van der Waals surface area (Å²) in [5, 5.41) is 4.80. The fraction of sp³-hybridized carbons (Fsp3) is 0.750. The molecule has 0 spiro atoms. The molecule has 16 heavy (non-hydrogen) atoms. The Morgan fingerprint density at radius 2 is 2.31 bits per heavy atom. The molecule has 1 aliphatic rings. The van der Waals surface area contributed by atoms with Gasteiger partial charge in [0.2, 0.25) is 0 Å². The summed E-state index contributed by atoms with van der Waals surface area (Å²) in [6.45, 7) is 4.37. The van der Waals surface area contributed by atoms with E-state index >= 15 is 0 Å². The summed E-state index contributed by atoms with van der Waals surface area (Å²) in [7, 11) is 2.02. The van der Waals surface area contributed by atoms with Gasteiger partial charge in [0.05, 0.1) is 15.9 Å². The quantitative estimate of drug-likeness (QED) is 0.759. The summed E-state index contributed by atoms with van der Waals surface area (Å²) < 4.78 is 3.15. The summed E-state index contributed by atoms with van der Waals surface area (Å²) >= 11 is 9.84. The number of aromatic nitrogens is 2. The van der Waals surface area contributed by atoms with Crippen LogP contribution in [0.5, 0.6) is 0 Å². The van der Waals surface area contributed by atoms with Gasteiger partial charge in [-0.05, 0) is 54.0 Å². The van der Waals surface area contributed by atoms with E-state index < -0.39 is 0 Å². The average Bonchev–Trinajstić information content (AvgIpc) is 2.63. The second-order valence-corrected chi connectivity index (χ2v) is 6.71. The normalized spacial score (nSPS) is 29.9. The molecule has 0 bridgehead atoms. The highest BCUT2D eigenvalue weighted by atomic mass is 79.9. The standard InChI is InChI=1S/C12H18BrClN2/c1-8-11(13)10(16(3)15-8)7-12(2)5-4-9(14)6-12/h9H,4-7H2,1-3H3. The lowest BCUT2D eigenvalue weighted by Gasteiger charge is -2.23. The molecule has 1 aromatic heterocycles. The molecule has 0 aliphatic heterocycles. The summed E-state index contributed by atoms with van der Waals surface area (Å²) in [4.78, 5) is 0. The van der Waals surface area contributed by atoms with Crippen LogP contribution >= 0.6 is 27.5 Å². The number of rotatable bonds is 2. The molecule has 0 N–H and O–H groups in total. The molecule has 2 rings (SSSR count). The number of alkyl halides is 1. The maximum Gasteiger partial charge on any atom is 0.0738 e. The van der Waals surface area contributed by atoms with E-state index in [1.807, 2.05) is 18.7 Å². The Morgan fingerprint density at radius 3 is 2.75 bits per heavy atom. The molecule has 0 aromatic carbocycles. The third-order valence-electron chi connectivity index (χ3n) is 3.63. The molecular weight excluding hydrogens is 288 g/mol. The predicted molar refractivity (Wildman–Crippen MR) is 70.9 cm³/mol. The lowest BCUT2D eigenvalue weighted by Crippen LogP contribution is -2.18. The molecule has 0 saturated heterocycles. The topological polar surface area (TPSA) is 17.8 Å². The van der Waals surface area contributed by atoms with Gasteiger partial charge in [0.1, 0.15) is 0 Å². The molecular formula is C12H18BrClN2. The first-order valence-corrected chi connectivity index (χ1v) is 6.96. The zero-order valence-electron chi connectivity index (χ0n) is 10.1. The molecule has 4 heteroatoms. The molecule has 1 saturated carbocycles. The minimum atomic E-state index is 0.342. The molecule has 2 nitrogen and oxygen atoms in total. The van der Waals surface area contributed by atoms with Gasteiger partial charge in [-0.15, -0.1) is 11.6 Å². The monoisotopic (exact) mass is 304 g/mol. The summed E-state index contributed by atoms with van der Waals surface area (Å²) in [6.07, 6.45) is 4.55. The molecule has 1 aliphatic carbocycles. The molecule has 0 radical (unpaired) electrons. The van der Waals surface area contributed by atoms with Crippen molar-refractivity contribution in [3.05, 3.63) is 15.9 Å². The third-order valence-corrected chi connectivity index (χ3v) is 5.04. The Bertz CT molecular complexity index is 402. The Hall–Kier alpha value is -0.0200. The number of nitrogens with zero attached hydrogens (tertiary/aromatic N) is 2. The van der Waals surface area contributed by atoms with Crippen molar-refractivity contribution in [2.24, 2.45) is 12.5 Å². The van der Waals surface area contributed by atoms with E-state index in [1.165, 1.54) is 12.1 Å². The number of hydrogen-bond acceptors (Lipinski definition) is 1. The minimum absolute atomic E-state index is 0.342. The van der Waals surface area contributed by atoms with Crippen molar-refractivity contribution in [2.75, 3.05) is 0 Å². The highest BCUT2D eigenvalue weighted by Gasteiger charge is 2.35. The fourth-order valence-electron chi connectivity index (χ4n) is 2.68. The van der Waals surface area contributed by atoms with Crippen molar-refractivity contribution < 1.29 is 0 Å². The number of hydrogen-bond donors (Lipinski definition) is 0. The Balaban J connectivity index is 2.21. The van der Waals surface area contributed by atoms with Crippen molar-refractivity contribution in [2.45, 2.75) is 44.9 Å². The molecule has 0 amide bonds. The average molecular weight is 306 g/mol. The van der Waals surface area contributed by atoms with Crippen molar-refractivity contribution >= 4 is 27.5 Å². The SMILES string of the molecule is Cc1nn(C)c(CC2(C)CCC(Cl)C2)c1Br. The third kappa shape index (κ3) is 2.30. The predicted octanol–water partition coefficient (Wildman–Crippen LogP) is 3.83. The van der Waals surface area contributed by atoms with Gasteiger partial charge in [-0.25, -0.2) is 0 Å². The van der Waals surface area contributed by atoms with E-state index in [1.54, 1.807) is 0 Å². The van der Waals surface area contributed by atoms with Gasteiger partial charge in [-0.1, -0.05) is 6.92 Å². The summed E-state index contributed by atoms with van der Waals surface area (Å²) in [6, 6.07) is 0. The van der Waals surface area contributed by atoms with E-state index in [4.69, 9.17) is 11.6 Å². The van der Waals surface area contributed by atoms with Crippen LogP contribution in [0.4, 0.5) is 0 Å². The molecule has 1 aromatic rings. The molecule has 2 atom stereocenters. The van der Waals surface area contributed by atoms with E-state index in [0.717, 1.165) is 29.4 Å². The van der Waals surface area contributed by atoms with Gasteiger partial charge in [0.15, 0.2) is 0 Å². The Kier molecular flexibility index (Phi) is 3.37. The van der Waals surface area contributed by atoms with E-state index in [-0.39, 0.29) is 0 Å². The van der Waals surface area contributed by atoms with Crippen LogP contribution in [-0.2, 0) is 13.5 Å². The van der Waals surface area contributed by atoms with Crippen LogP contribution < -0.4 is 0 Å². The van der Waals surface area contributed by atoms with Crippen molar-refractivity contribution in [1.82, 2.24) is 9.78 Å². The molecule has 90 valence electrons. The van der Waals surface area contributed by atoms with Crippen molar-refractivity contribution in [3.63, 3.8) is 0 Å². The zero-order chi connectivity index (χ0) is 11.9. The first-order valence-electron chi connectivity index (χ1n) is 5.73. The van der Waals surface area contributed by atoms with Crippen LogP contribution in [0.15, 0.2) is 4.47 Å². The highest BCUT2D eigenvalue weighted by molar-refractivity contribution is 9.10. The first-order chi connectivity index (χ1) is 7.41. The number of aryl methyl sites for hydroxylation is 2. The molecule has 2 unspecified atom stereocenters. The Morgan fingerprint density at radius 1 is 1.62 bits per heavy atom. The van der Waals surface area contributed by atoms with Crippen LogP contribution in [0.1, 0.15) is 37.6 Å². The van der Waals surface area contributed by atoms with Crippen molar-refractivity contribution in [1.29, 1.82) is 0 Å². The van der Waals surface area contributed by atoms with Crippen molar-refractivity contribution in [3.8, 4) is 0 Å². The summed E-state index contributed by atoms with van der Waals surface area (Å²) in [5.74, 6) is 0. The van der Waals surface area contributed by atoms with Gasteiger partial charge in [-0.2, -0.15) is 5.10 Å². The second-order valence-electron chi connectivity index (χ2n) is 5.30. The van der Waals surface area contributed by atoms with Gasteiger partial charge in [0.25, 0.3) is 0 Å². The van der Waals surface area contributed by atoms with Crippen LogP contribution in [0.2, 0.25) is 0 Å². The second kappa shape index (κ2) is 4.34. The maximum atomic E-state index is 6.21. The van der Waals surface area contributed by atoms with Gasteiger partial charge < -0.3 is 0 Å². The zero-order valence-corrected chi connectivity index (χ0v) is 12.4. The highest BCUT2D eigenvalue weighted by Crippen LogP contribution is 2.43. The van der Waals surface area contributed by atoms with E-state index in [2.05, 4.69) is 28.0 Å². The van der Waals surface area contributed by atoms with E-state index in [0.29, 0.717) is 10.8 Å². The molecule has 1 heterocycles. The van der Waals surface area contributed by atoms with Crippen LogP contribution in [0, 0.1) is 12.3 Å². The lowest BCUT2D eigenvalue weighted by atomic mass is 9.84.